The molecule has 2 aromatic carbocycles. The number of benzene rings is 2. The summed E-state index contributed by atoms with van der Waals surface area (Å²) in [4.78, 5) is 0. The SMILES string of the molecule is Cc1cccc2sc[n+](Cc3ccccc3Cl)c12. The van der Waals surface area contributed by atoms with Gasteiger partial charge in [0.2, 0.25) is 11.0 Å². The molecule has 0 aliphatic heterocycles. The zero-order valence-electron chi connectivity index (χ0n) is 10.1. The Morgan fingerprint density at radius 1 is 1.11 bits per heavy atom. The Balaban J connectivity index is 2.09. The Bertz CT molecular complexity index is 703. The summed E-state index contributed by atoms with van der Waals surface area (Å²) in [7, 11) is 0. The maximum Gasteiger partial charge on any atom is 0.226 e. The molecule has 90 valence electrons. The molecule has 3 heteroatoms. The molecule has 0 N–H and O–H groups in total. The van der Waals surface area contributed by atoms with Crippen molar-refractivity contribution in [2.75, 3.05) is 0 Å². The summed E-state index contributed by atoms with van der Waals surface area (Å²) < 4.78 is 3.60. The number of para-hydroxylation sites is 1. The van der Waals surface area contributed by atoms with Gasteiger partial charge in [0, 0.05) is 11.1 Å². The minimum absolute atomic E-state index is 0.824. The predicted octanol–water partition coefficient (Wildman–Crippen LogP) is 4.20. The standard InChI is InChI=1S/C15H13ClNS/c1-11-5-4-8-14-15(11)17(10-18-14)9-12-6-2-3-7-13(12)16/h2-8,10H,9H2,1H3/q+1. The van der Waals surface area contributed by atoms with Crippen molar-refractivity contribution in [3.8, 4) is 0 Å². The molecule has 3 aromatic rings. The molecule has 0 spiro atoms. The molecule has 0 atom stereocenters. The van der Waals surface area contributed by atoms with E-state index in [1.807, 2.05) is 18.2 Å². The van der Waals surface area contributed by atoms with Gasteiger partial charge < -0.3 is 0 Å². The van der Waals surface area contributed by atoms with Crippen molar-refractivity contribution in [1.29, 1.82) is 0 Å². The number of nitrogens with zero attached hydrogens (tertiary/aromatic N) is 1. The van der Waals surface area contributed by atoms with Gasteiger partial charge in [0.25, 0.3) is 0 Å². The van der Waals surface area contributed by atoms with Crippen LogP contribution in [0.4, 0.5) is 0 Å². The Kier molecular flexibility index (Phi) is 3.06. The summed E-state index contributed by atoms with van der Waals surface area (Å²) in [5, 5.41) is 0.831. The van der Waals surface area contributed by atoms with Crippen molar-refractivity contribution in [2.45, 2.75) is 13.5 Å². The van der Waals surface area contributed by atoms with Crippen molar-refractivity contribution in [3.63, 3.8) is 0 Å². The number of halogens is 1. The van der Waals surface area contributed by atoms with E-state index in [0.717, 1.165) is 17.1 Å². The van der Waals surface area contributed by atoms with Crippen molar-refractivity contribution >= 4 is 33.2 Å². The number of aromatic nitrogens is 1. The number of thiazole rings is 1. The minimum atomic E-state index is 0.824. The van der Waals surface area contributed by atoms with Gasteiger partial charge in [0.1, 0.15) is 4.70 Å². The van der Waals surface area contributed by atoms with Crippen LogP contribution in [0, 0.1) is 6.92 Å². The monoisotopic (exact) mass is 274 g/mol. The van der Waals surface area contributed by atoms with E-state index < -0.39 is 0 Å². The van der Waals surface area contributed by atoms with E-state index in [-0.39, 0.29) is 0 Å². The molecule has 0 radical (unpaired) electrons. The largest absolute Gasteiger partial charge is 0.226 e. The van der Waals surface area contributed by atoms with Crippen molar-refractivity contribution in [2.24, 2.45) is 0 Å². The van der Waals surface area contributed by atoms with Crippen LogP contribution in [0.3, 0.4) is 0 Å². The number of hydrogen-bond donors (Lipinski definition) is 0. The van der Waals surface area contributed by atoms with Crippen LogP contribution in [-0.4, -0.2) is 0 Å². The third kappa shape index (κ3) is 2.02. The second-order valence-electron chi connectivity index (χ2n) is 4.36. The average Bonchev–Trinajstić information content (AvgIpc) is 2.77. The van der Waals surface area contributed by atoms with E-state index in [1.54, 1.807) is 11.3 Å². The maximum absolute atomic E-state index is 6.22. The fourth-order valence-corrected chi connectivity index (χ4v) is 3.36. The van der Waals surface area contributed by atoms with Crippen LogP contribution in [0.25, 0.3) is 10.2 Å². The summed E-state index contributed by atoms with van der Waals surface area (Å²) in [6, 6.07) is 14.4. The van der Waals surface area contributed by atoms with Crippen LogP contribution in [0.15, 0.2) is 48.0 Å². The topological polar surface area (TPSA) is 3.88 Å². The molecule has 0 fully saturated rings. The third-order valence-electron chi connectivity index (χ3n) is 3.09. The lowest BCUT2D eigenvalue weighted by Crippen LogP contribution is -2.32. The third-order valence-corrected chi connectivity index (χ3v) is 4.41. The van der Waals surface area contributed by atoms with Gasteiger partial charge >= 0.3 is 0 Å². The number of hydrogen-bond acceptors (Lipinski definition) is 1. The average molecular weight is 275 g/mol. The van der Waals surface area contributed by atoms with E-state index in [2.05, 4.69) is 41.3 Å². The highest BCUT2D eigenvalue weighted by atomic mass is 35.5. The molecule has 18 heavy (non-hydrogen) atoms. The highest BCUT2D eigenvalue weighted by Crippen LogP contribution is 2.21. The fourth-order valence-electron chi connectivity index (χ4n) is 2.19. The van der Waals surface area contributed by atoms with Crippen LogP contribution in [0.2, 0.25) is 5.02 Å². The van der Waals surface area contributed by atoms with E-state index in [1.165, 1.54) is 15.8 Å². The zero-order chi connectivity index (χ0) is 12.5. The number of fused-ring (bicyclic) bond motifs is 1. The lowest BCUT2D eigenvalue weighted by atomic mass is 10.2. The van der Waals surface area contributed by atoms with Crippen molar-refractivity contribution < 1.29 is 4.57 Å². The first-order valence-corrected chi connectivity index (χ1v) is 7.11. The molecular formula is C15H13ClNS+. The van der Waals surface area contributed by atoms with Crippen molar-refractivity contribution in [1.82, 2.24) is 0 Å². The van der Waals surface area contributed by atoms with Gasteiger partial charge in [-0.2, -0.15) is 4.57 Å². The quantitative estimate of drug-likeness (QED) is 0.617. The highest BCUT2D eigenvalue weighted by molar-refractivity contribution is 7.16. The molecule has 0 unspecified atom stereocenters. The molecule has 1 nitrogen and oxygen atoms in total. The smallest absolute Gasteiger partial charge is 0.184 e. The van der Waals surface area contributed by atoms with E-state index >= 15 is 0 Å². The summed E-state index contributed by atoms with van der Waals surface area (Å²) in [6.45, 7) is 2.97. The van der Waals surface area contributed by atoms with Gasteiger partial charge in [0.05, 0.1) is 5.02 Å². The fraction of sp³-hybridized carbons (Fsp3) is 0.133. The number of aryl methyl sites for hydroxylation is 1. The molecule has 0 saturated carbocycles. The van der Waals surface area contributed by atoms with Gasteiger partial charge in [0.15, 0.2) is 6.54 Å². The van der Waals surface area contributed by atoms with Crippen LogP contribution >= 0.6 is 22.9 Å². The molecule has 3 rings (SSSR count). The Morgan fingerprint density at radius 2 is 1.94 bits per heavy atom. The summed E-state index contributed by atoms with van der Waals surface area (Å²) in [6.07, 6.45) is 0. The van der Waals surface area contributed by atoms with E-state index in [9.17, 15) is 0 Å². The second-order valence-corrected chi connectivity index (χ2v) is 5.66. The van der Waals surface area contributed by atoms with Gasteiger partial charge in [-0.3, -0.25) is 0 Å². The predicted molar refractivity (Wildman–Crippen MR) is 77.3 cm³/mol. The van der Waals surface area contributed by atoms with Gasteiger partial charge in [-0.05, 0) is 19.1 Å². The van der Waals surface area contributed by atoms with E-state index in [4.69, 9.17) is 11.6 Å². The Labute approximate surface area is 115 Å². The van der Waals surface area contributed by atoms with E-state index in [0.29, 0.717) is 0 Å². The molecule has 0 aliphatic rings. The molecule has 1 heterocycles. The highest BCUT2D eigenvalue weighted by Gasteiger charge is 2.15. The molecule has 0 bridgehead atoms. The summed E-state index contributed by atoms with van der Waals surface area (Å²) in [5.41, 5.74) is 5.94. The van der Waals surface area contributed by atoms with Crippen LogP contribution < -0.4 is 4.57 Å². The zero-order valence-corrected chi connectivity index (χ0v) is 11.6. The first kappa shape index (κ1) is 11.7. The number of rotatable bonds is 2. The van der Waals surface area contributed by atoms with Crippen LogP contribution in [-0.2, 0) is 6.54 Å². The normalized spacial score (nSPS) is 11.0. The lowest BCUT2D eigenvalue weighted by Gasteiger charge is -2.00. The molecule has 0 aliphatic carbocycles. The molecule has 1 aromatic heterocycles. The van der Waals surface area contributed by atoms with Crippen LogP contribution in [0.1, 0.15) is 11.1 Å². The summed E-state index contributed by atoms with van der Waals surface area (Å²) >= 11 is 8.00. The minimum Gasteiger partial charge on any atom is -0.184 e. The van der Waals surface area contributed by atoms with Crippen LogP contribution in [0.5, 0.6) is 0 Å². The Hall–Kier alpha value is -1.38. The maximum atomic E-state index is 6.22. The second kappa shape index (κ2) is 4.71. The first-order valence-electron chi connectivity index (χ1n) is 5.85. The van der Waals surface area contributed by atoms with Crippen molar-refractivity contribution in [3.05, 3.63) is 64.1 Å². The molecular weight excluding hydrogens is 262 g/mol. The first-order chi connectivity index (χ1) is 8.75. The van der Waals surface area contributed by atoms with Gasteiger partial charge in [-0.1, -0.05) is 53.3 Å². The Morgan fingerprint density at radius 3 is 2.78 bits per heavy atom. The lowest BCUT2D eigenvalue weighted by molar-refractivity contribution is -0.658. The molecule has 0 amide bonds. The van der Waals surface area contributed by atoms with Gasteiger partial charge in [-0.15, -0.1) is 0 Å². The molecule has 0 saturated heterocycles. The van der Waals surface area contributed by atoms with Gasteiger partial charge in [-0.25, -0.2) is 0 Å². The summed E-state index contributed by atoms with van der Waals surface area (Å²) in [5.74, 6) is 0.